The molecule has 5 heteroatoms. The topological polar surface area (TPSA) is 72.4 Å². The predicted octanol–water partition coefficient (Wildman–Crippen LogP) is 0.0341. The van der Waals surface area contributed by atoms with Gasteiger partial charge in [-0.3, -0.25) is 4.90 Å². The fraction of sp³-hybridized carbons (Fsp3) is 0.727. The second kappa shape index (κ2) is 3.84. The summed E-state index contributed by atoms with van der Waals surface area (Å²) >= 11 is 0. The summed E-state index contributed by atoms with van der Waals surface area (Å²) in [5, 5.41) is 19.5. The van der Waals surface area contributed by atoms with E-state index in [1.165, 1.54) is 0 Å². The molecule has 1 saturated heterocycles. The summed E-state index contributed by atoms with van der Waals surface area (Å²) in [5.41, 5.74) is 0.602. The number of hydrogen-bond donors (Lipinski definition) is 3. The van der Waals surface area contributed by atoms with Crippen LogP contribution in [-0.4, -0.2) is 49.4 Å². The summed E-state index contributed by atoms with van der Waals surface area (Å²) in [5.74, 6) is 0.883. The highest BCUT2D eigenvalue weighted by Crippen LogP contribution is 2.30. The number of nitrogens with one attached hydrogen (secondary N) is 1. The van der Waals surface area contributed by atoms with E-state index < -0.39 is 17.7 Å². The Morgan fingerprint density at radius 3 is 2.69 bits per heavy atom. The Morgan fingerprint density at radius 2 is 2.25 bits per heavy atom. The molecule has 0 amide bonds. The minimum absolute atomic E-state index is 0.404. The highest BCUT2D eigenvalue weighted by atomic mass is 16.3. The molecule has 0 radical (unpaired) electrons. The van der Waals surface area contributed by atoms with Gasteiger partial charge in [0, 0.05) is 30.5 Å². The molecule has 0 bridgehead atoms. The number of β-amino-alcohol motifs (C(OH)–C–C–N with tert-alkyl or cyclic N) is 1. The molecule has 0 saturated carbocycles. The lowest BCUT2D eigenvalue weighted by Gasteiger charge is -2.32. The number of aliphatic hydroxyl groups is 2. The zero-order valence-electron chi connectivity index (χ0n) is 9.94. The molecule has 2 heterocycles. The summed E-state index contributed by atoms with van der Waals surface area (Å²) < 4.78 is 0. The minimum Gasteiger partial charge on any atom is -0.389 e. The molecule has 0 aliphatic carbocycles. The lowest BCUT2D eigenvalue weighted by atomic mass is 9.97. The van der Waals surface area contributed by atoms with E-state index in [4.69, 9.17) is 0 Å². The molecule has 0 unspecified atom stereocenters. The van der Waals surface area contributed by atoms with Gasteiger partial charge < -0.3 is 15.2 Å². The maximum absolute atomic E-state index is 9.86. The van der Waals surface area contributed by atoms with Gasteiger partial charge in [-0.05, 0) is 20.8 Å². The largest absolute Gasteiger partial charge is 0.389 e. The zero-order chi connectivity index (χ0) is 11.9. The molecular weight excluding hydrogens is 206 g/mol. The fourth-order valence-electron chi connectivity index (χ4n) is 2.24. The van der Waals surface area contributed by atoms with E-state index in [9.17, 15) is 10.2 Å². The normalized spacial score (nSPS) is 29.8. The van der Waals surface area contributed by atoms with Crippen molar-refractivity contribution in [1.29, 1.82) is 0 Å². The van der Waals surface area contributed by atoms with Gasteiger partial charge in [0.25, 0.3) is 0 Å². The molecule has 5 nitrogen and oxygen atoms in total. The summed E-state index contributed by atoms with van der Waals surface area (Å²) in [6, 6.07) is 0. The van der Waals surface area contributed by atoms with Crippen LogP contribution in [0.5, 0.6) is 0 Å². The van der Waals surface area contributed by atoms with Gasteiger partial charge in [-0.15, -0.1) is 0 Å². The molecule has 90 valence electrons. The van der Waals surface area contributed by atoms with Crippen LogP contribution in [0.25, 0.3) is 0 Å². The van der Waals surface area contributed by atoms with E-state index >= 15 is 0 Å². The van der Waals surface area contributed by atoms with Crippen LogP contribution in [0.1, 0.15) is 25.4 Å². The van der Waals surface area contributed by atoms with Crippen LogP contribution < -0.4 is 0 Å². The first-order valence-electron chi connectivity index (χ1n) is 5.53. The van der Waals surface area contributed by atoms with Gasteiger partial charge in [-0.2, -0.15) is 0 Å². The lowest BCUT2D eigenvalue weighted by molar-refractivity contribution is 0.00576. The maximum atomic E-state index is 9.86. The number of aromatic amines is 1. The van der Waals surface area contributed by atoms with E-state index in [1.807, 2.05) is 20.8 Å². The number of H-pyrrole nitrogens is 1. The molecule has 1 aromatic rings. The average Bonchev–Trinajstić information content (AvgIpc) is 2.68. The van der Waals surface area contributed by atoms with Gasteiger partial charge in [-0.1, -0.05) is 0 Å². The van der Waals surface area contributed by atoms with Gasteiger partial charge in [-0.25, -0.2) is 4.98 Å². The van der Waals surface area contributed by atoms with Crippen molar-refractivity contribution >= 4 is 0 Å². The first-order chi connectivity index (χ1) is 7.41. The van der Waals surface area contributed by atoms with Crippen LogP contribution >= 0.6 is 0 Å². The Morgan fingerprint density at radius 1 is 1.56 bits per heavy atom. The standard InChI is InChI=1S/C11H19N3O2/c1-7-12-4-8(13-7)5-14-6-9(15)10(16)11(14,2)3/h4,9-10,15-16H,5-6H2,1-3H3,(H,12,13)/t9-,10-/m1/s1. The van der Waals surface area contributed by atoms with E-state index in [-0.39, 0.29) is 0 Å². The van der Waals surface area contributed by atoms with Crippen LogP contribution in [-0.2, 0) is 6.54 Å². The summed E-state index contributed by atoms with van der Waals surface area (Å²) in [7, 11) is 0. The summed E-state index contributed by atoms with van der Waals surface area (Å²) in [6.45, 7) is 6.95. The minimum atomic E-state index is -0.698. The fourth-order valence-corrected chi connectivity index (χ4v) is 2.24. The molecule has 1 fully saturated rings. The maximum Gasteiger partial charge on any atom is 0.103 e. The first kappa shape index (κ1) is 11.6. The number of aryl methyl sites for hydroxylation is 1. The van der Waals surface area contributed by atoms with Crippen molar-refractivity contribution in [2.24, 2.45) is 0 Å². The van der Waals surface area contributed by atoms with Crippen LogP contribution in [0.15, 0.2) is 6.20 Å². The molecule has 1 aliphatic heterocycles. The number of rotatable bonds is 2. The second-order valence-electron chi connectivity index (χ2n) is 5.04. The zero-order valence-corrected chi connectivity index (χ0v) is 9.94. The summed E-state index contributed by atoms with van der Waals surface area (Å²) in [4.78, 5) is 9.36. The Labute approximate surface area is 95.1 Å². The molecule has 0 spiro atoms. The predicted molar refractivity (Wildman–Crippen MR) is 59.8 cm³/mol. The number of nitrogens with zero attached hydrogens (tertiary/aromatic N) is 2. The number of likely N-dealkylation sites (tertiary alicyclic amines) is 1. The van der Waals surface area contributed by atoms with Gasteiger partial charge >= 0.3 is 0 Å². The smallest absolute Gasteiger partial charge is 0.103 e. The van der Waals surface area contributed by atoms with E-state index in [1.54, 1.807) is 6.20 Å². The second-order valence-corrected chi connectivity index (χ2v) is 5.04. The van der Waals surface area contributed by atoms with Crippen molar-refractivity contribution in [3.05, 3.63) is 17.7 Å². The molecule has 3 N–H and O–H groups in total. The SMILES string of the molecule is Cc1ncc(CN2C[C@@H](O)[C@@H](O)C2(C)C)[nH]1. The van der Waals surface area contributed by atoms with Gasteiger partial charge in [0.15, 0.2) is 0 Å². The first-order valence-corrected chi connectivity index (χ1v) is 5.53. The van der Waals surface area contributed by atoms with E-state index in [0.29, 0.717) is 13.1 Å². The van der Waals surface area contributed by atoms with E-state index in [0.717, 1.165) is 11.5 Å². The number of aromatic nitrogens is 2. The average molecular weight is 225 g/mol. The number of aliphatic hydroxyl groups excluding tert-OH is 2. The Kier molecular flexibility index (Phi) is 2.77. The molecule has 1 aliphatic rings. The van der Waals surface area contributed by atoms with Gasteiger partial charge in [0.05, 0.1) is 12.2 Å². The van der Waals surface area contributed by atoms with Gasteiger partial charge in [0.2, 0.25) is 0 Å². The van der Waals surface area contributed by atoms with E-state index in [2.05, 4.69) is 14.9 Å². The van der Waals surface area contributed by atoms with Crippen molar-refractivity contribution in [3.63, 3.8) is 0 Å². The van der Waals surface area contributed by atoms with Crippen LogP contribution in [0.4, 0.5) is 0 Å². The highest BCUT2D eigenvalue weighted by Gasteiger charge is 2.46. The van der Waals surface area contributed by atoms with Crippen molar-refractivity contribution in [2.75, 3.05) is 6.54 Å². The van der Waals surface area contributed by atoms with Crippen molar-refractivity contribution < 1.29 is 10.2 Å². The lowest BCUT2D eigenvalue weighted by Crippen LogP contribution is -2.45. The summed E-state index contributed by atoms with van der Waals surface area (Å²) in [6.07, 6.45) is 0.429. The third kappa shape index (κ3) is 1.86. The Balaban J connectivity index is 2.11. The third-order valence-corrected chi connectivity index (χ3v) is 3.43. The molecular formula is C11H19N3O2. The van der Waals surface area contributed by atoms with Crippen LogP contribution in [0.2, 0.25) is 0 Å². The molecule has 1 aromatic heterocycles. The molecule has 2 rings (SSSR count). The van der Waals surface area contributed by atoms with Crippen LogP contribution in [0, 0.1) is 6.92 Å². The molecule has 2 atom stereocenters. The van der Waals surface area contributed by atoms with Crippen molar-refractivity contribution in [1.82, 2.24) is 14.9 Å². The highest BCUT2D eigenvalue weighted by molar-refractivity contribution is 5.06. The molecule has 16 heavy (non-hydrogen) atoms. The number of imidazole rings is 1. The van der Waals surface area contributed by atoms with Crippen LogP contribution in [0.3, 0.4) is 0 Å². The van der Waals surface area contributed by atoms with Gasteiger partial charge in [0.1, 0.15) is 5.82 Å². The molecule has 0 aromatic carbocycles. The van der Waals surface area contributed by atoms with Crippen molar-refractivity contribution in [3.8, 4) is 0 Å². The van der Waals surface area contributed by atoms with Crippen molar-refractivity contribution in [2.45, 2.75) is 45.1 Å². The monoisotopic (exact) mass is 225 g/mol. The third-order valence-electron chi connectivity index (χ3n) is 3.43. The Bertz CT molecular complexity index is 375. The quantitative estimate of drug-likeness (QED) is 0.664. The number of hydrogen-bond acceptors (Lipinski definition) is 4. The Hall–Kier alpha value is -0.910.